The number of likely N-dealkylation sites (N-methyl/N-ethyl adjacent to an activating group) is 1. The van der Waals surface area contributed by atoms with Crippen molar-refractivity contribution >= 4 is 17.5 Å². The molecule has 1 aromatic carbocycles. The predicted octanol–water partition coefficient (Wildman–Crippen LogP) is 1.91. The summed E-state index contributed by atoms with van der Waals surface area (Å²) in [5.41, 5.74) is 0. The normalized spacial score (nSPS) is 17.3. The van der Waals surface area contributed by atoms with Crippen molar-refractivity contribution in [2.24, 2.45) is 0 Å². The lowest BCUT2D eigenvalue weighted by Crippen LogP contribution is -2.45. The largest absolute Gasteiger partial charge is 0.485 e. The fourth-order valence-electron chi connectivity index (χ4n) is 1.79. The maximum absolute atomic E-state index is 12.1. The number of para-hydroxylation sites is 2. The van der Waals surface area contributed by atoms with E-state index in [9.17, 15) is 4.79 Å². The Morgan fingerprint density at radius 1 is 1.44 bits per heavy atom. The van der Waals surface area contributed by atoms with E-state index in [0.29, 0.717) is 23.9 Å². The molecule has 1 aliphatic rings. The van der Waals surface area contributed by atoms with E-state index in [4.69, 9.17) is 21.1 Å². The molecular weight excluding hydrogens is 254 g/mol. The monoisotopic (exact) mass is 269 g/mol. The summed E-state index contributed by atoms with van der Waals surface area (Å²) in [6.07, 6.45) is 0.203. The standard InChI is InChI=1S/C13H16ClNO3/c1-15(8-4-7-14)13(16)12-9-17-10-5-2-3-6-11(10)18-12/h2-3,5-6,12H,4,7-9H2,1H3. The van der Waals surface area contributed by atoms with E-state index in [1.807, 2.05) is 18.2 Å². The number of alkyl halides is 1. The van der Waals surface area contributed by atoms with Crippen molar-refractivity contribution in [2.45, 2.75) is 12.5 Å². The Bertz CT molecular complexity index is 424. The maximum atomic E-state index is 12.1. The topological polar surface area (TPSA) is 38.8 Å². The van der Waals surface area contributed by atoms with Gasteiger partial charge < -0.3 is 14.4 Å². The molecule has 1 atom stereocenters. The zero-order chi connectivity index (χ0) is 13.0. The zero-order valence-electron chi connectivity index (χ0n) is 10.3. The number of carbonyl (C=O) groups is 1. The van der Waals surface area contributed by atoms with Crippen molar-refractivity contribution in [3.63, 3.8) is 0 Å². The van der Waals surface area contributed by atoms with Gasteiger partial charge >= 0.3 is 0 Å². The van der Waals surface area contributed by atoms with Crippen LogP contribution in [-0.4, -0.2) is 43.0 Å². The summed E-state index contributed by atoms with van der Waals surface area (Å²) in [6, 6.07) is 7.35. The third-order valence-electron chi connectivity index (χ3n) is 2.79. The lowest BCUT2D eigenvalue weighted by molar-refractivity contribution is -0.139. The van der Waals surface area contributed by atoms with E-state index < -0.39 is 6.10 Å². The molecule has 0 spiro atoms. The Hall–Kier alpha value is -1.42. The summed E-state index contributed by atoms with van der Waals surface area (Å²) < 4.78 is 11.2. The maximum Gasteiger partial charge on any atom is 0.267 e. The predicted molar refractivity (Wildman–Crippen MR) is 69.3 cm³/mol. The van der Waals surface area contributed by atoms with Crippen molar-refractivity contribution in [3.05, 3.63) is 24.3 Å². The van der Waals surface area contributed by atoms with Crippen LogP contribution in [0.1, 0.15) is 6.42 Å². The van der Waals surface area contributed by atoms with E-state index in [1.165, 1.54) is 0 Å². The fraction of sp³-hybridized carbons (Fsp3) is 0.462. The molecule has 1 heterocycles. The number of fused-ring (bicyclic) bond motifs is 1. The Kier molecular flexibility index (Phi) is 4.31. The van der Waals surface area contributed by atoms with Crippen LogP contribution in [0.4, 0.5) is 0 Å². The van der Waals surface area contributed by atoms with Gasteiger partial charge in [0.05, 0.1) is 0 Å². The van der Waals surface area contributed by atoms with Crippen LogP contribution in [0.5, 0.6) is 11.5 Å². The van der Waals surface area contributed by atoms with E-state index in [-0.39, 0.29) is 12.5 Å². The minimum atomic E-state index is -0.569. The molecule has 0 fully saturated rings. The highest BCUT2D eigenvalue weighted by atomic mass is 35.5. The summed E-state index contributed by atoms with van der Waals surface area (Å²) in [7, 11) is 1.75. The summed E-state index contributed by atoms with van der Waals surface area (Å²) in [5.74, 6) is 1.77. The Morgan fingerprint density at radius 2 is 2.17 bits per heavy atom. The van der Waals surface area contributed by atoms with Gasteiger partial charge in [-0.2, -0.15) is 0 Å². The van der Waals surface area contributed by atoms with Gasteiger partial charge in [-0.05, 0) is 18.6 Å². The molecule has 0 saturated carbocycles. The molecule has 1 aliphatic heterocycles. The third kappa shape index (κ3) is 2.88. The van der Waals surface area contributed by atoms with E-state index in [2.05, 4.69) is 0 Å². The zero-order valence-corrected chi connectivity index (χ0v) is 11.0. The third-order valence-corrected chi connectivity index (χ3v) is 3.05. The number of ether oxygens (including phenoxy) is 2. The summed E-state index contributed by atoms with van der Waals surface area (Å²) in [4.78, 5) is 13.7. The number of hydrogen-bond acceptors (Lipinski definition) is 3. The second kappa shape index (κ2) is 5.96. The minimum absolute atomic E-state index is 0.0744. The number of carbonyl (C=O) groups excluding carboxylic acids is 1. The first-order chi connectivity index (χ1) is 8.72. The van der Waals surface area contributed by atoms with Gasteiger partial charge in [-0.3, -0.25) is 4.79 Å². The first-order valence-corrected chi connectivity index (χ1v) is 6.45. The van der Waals surface area contributed by atoms with Crippen LogP contribution in [0.3, 0.4) is 0 Å². The van der Waals surface area contributed by atoms with Crippen molar-refractivity contribution in [1.29, 1.82) is 0 Å². The molecule has 1 aromatic rings. The second-order valence-corrected chi connectivity index (χ2v) is 4.54. The quantitative estimate of drug-likeness (QED) is 0.784. The van der Waals surface area contributed by atoms with Gasteiger partial charge in [-0.15, -0.1) is 11.6 Å². The number of rotatable bonds is 4. The van der Waals surface area contributed by atoms with Crippen LogP contribution in [0.25, 0.3) is 0 Å². The van der Waals surface area contributed by atoms with Crippen molar-refractivity contribution in [2.75, 3.05) is 26.1 Å². The van der Waals surface area contributed by atoms with Crippen LogP contribution in [-0.2, 0) is 4.79 Å². The highest BCUT2D eigenvalue weighted by molar-refractivity contribution is 6.17. The molecule has 5 heteroatoms. The molecule has 1 amide bonds. The molecule has 1 unspecified atom stereocenters. The SMILES string of the molecule is CN(CCCCl)C(=O)C1COc2ccccc2O1. The molecule has 0 aromatic heterocycles. The van der Waals surface area contributed by atoms with Crippen LogP contribution in [0.2, 0.25) is 0 Å². The van der Waals surface area contributed by atoms with Gasteiger partial charge in [0.15, 0.2) is 11.5 Å². The summed E-state index contributed by atoms with van der Waals surface area (Å²) in [6.45, 7) is 0.880. The van der Waals surface area contributed by atoms with Crippen molar-refractivity contribution in [1.82, 2.24) is 4.90 Å². The summed E-state index contributed by atoms with van der Waals surface area (Å²) >= 11 is 5.61. The fourth-order valence-corrected chi connectivity index (χ4v) is 1.91. The van der Waals surface area contributed by atoms with Gasteiger partial charge in [0, 0.05) is 19.5 Å². The van der Waals surface area contributed by atoms with Crippen molar-refractivity contribution < 1.29 is 14.3 Å². The van der Waals surface area contributed by atoms with Crippen LogP contribution in [0, 0.1) is 0 Å². The van der Waals surface area contributed by atoms with Crippen molar-refractivity contribution in [3.8, 4) is 11.5 Å². The number of benzene rings is 1. The van der Waals surface area contributed by atoms with Gasteiger partial charge in [0.25, 0.3) is 5.91 Å². The molecule has 0 aliphatic carbocycles. The van der Waals surface area contributed by atoms with E-state index in [1.54, 1.807) is 18.0 Å². The van der Waals surface area contributed by atoms with E-state index in [0.717, 1.165) is 6.42 Å². The average Bonchev–Trinajstić information content (AvgIpc) is 2.43. The number of nitrogens with zero attached hydrogens (tertiary/aromatic N) is 1. The first-order valence-electron chi connectivity index (χ1n) is 5.92. The molecule has 4 nitrogen and oxygen atoms in total. The summed E-state index contributed by atoms with van der Waals surface area (Å²) in [5, 5.41) is 0. The smallest absolute Gasteiger partial charge is 0.267 e. The first kappa shape index (κ1) is 13.0. The molecule has 0 bridgehead atoms. The molecule has 18 heavy (non-hydrogen) atoms. The van der Waals surface area contributed by atoms with E-state index >= 15 is 0 Å². The highest BCUT2D eigenvalue weighted by Crippen LogP contribution is 2.31. The molecular formula is C13H16ClNO3. The minimum Gasteiger partial charge on any atom is -0.485 e. The van der Waals surface area contributed by atoms with Crippen LogP contribution in [0.15, 0.2) is 24.3 Å². The Morgan fingerprint density at radius 3 is 2.89 bits per heavy atom. The molecule has 98 valence electrons. The number of amides is 1. The van der Waals surface area contributed by atoms with Gasteiger partial charge in [-0.25, -0.2) is 0 Å². The molecule has 2 rings (SSSR count). The molecule has 0 N–H and O–H groups in total. The molecule has 0 radical (unpaired) electrons. The van der Waals surface area contributed by atoms with Crippen LogP contribution >= 0.6 is 11.6 Å². The Balaban J connectivity index is 1.98. The van der Waals surface area contributed by atoms with Gasteiger partial charge in [-0.1, -0.05) is 12.1 Å². The Labute approximate surface area is 111 Å². The highest BCUT2D eigenvalue weighted by Gasteiger charge is 2.29. The molecule has 0 saturated heterocycles. The van der Waals surface area contributed by atoms with Gasteiger partial charge in [0.2, 0.25) is 6.10 Å². The van der Waals surface area contributed by atoms with Gasteiger partial charge in [0.1, 0.15) is 6.61 Å². The second-order valence-electron chi connectivity index (χ2n) is 4.17. The lowest BCUT2D eigenvalue weighted by atomic mass is 10.2. The lowest BCUT2D eigenvalue weighted by Gasteiger charge is -2.28. The average molecular weight is 270 g/mol. The van der Waals surface area contributed by atoms with Crippen LogP contribution < -0.4 is 9.47 Å². The number of hydrogen-bond donors (Lipinski definition) is 0. The number of halogens is 1.